The Morgan fingerprint density at radius 2 is 1.94 bits per heavy atom. The van der Waals surface area contributed by atoms with E-state index in [9.17, 15) is 18.0 Å². The third-order valence-electron chi connectivity index (χ3n) is 6.49. The van der Waals surface area contributed by atoms with E-state index in [0.29, 0.717) is 50.0 Å². The van der Waals surface area contributed by atoms with E-state index in [0.717, 1.165) is 30.5 Å². The molecule has 2 heterocycles. The molecule has 6 nitrogen and oxygen atoms in total. The van der Waals surface area contributed by atoms with Gasteiger partial charge in [0.1, 0.15) is 0 Å². The van der Waals surface area contributed by atoms with E-state index in [1.807, 2.05) is 12.1 Å². The van der Waals surface area contributed by atoms with Crippen LogP contribution < -0.4 is 9.47 Å². The molecule has 0 aromatic heterocycles. The number of ether oxygens (including phenoxy) is 4. The van der Waals surface area contributed by atoms with Crippen molar-refractivity contribution in [1.29, 1.82) is 0 Å². The molecule has 2 aliphatic rings. The molecule has 0 bridgehead atoms. The summed E-state index contributed by atoms with van der Waals surface area (Å²) in [4.78, 5) is 15.0. The number of carbonyl (C=O) groups excluding carboxylic acids is 1. The Morgan fingerprint density at radius 3 is 2.58 bits per heavy atom. The van der Waals surface area contributed by atoms with Gasteiger partial charge in [-0.25, -0.2) is 0 Å². The average Bonchev–Trinajstić information content (AvgIpc) is 3.34. The van der Waals surface area contributed by atoms with Gasteiger partial charge in [-0.2, -0.15) is 13.2 Å². The first-order valence-corrected chi connectivity index (χ1v) is 12.1. The van der Waals surface area contributed by atoms with Crippen LogP contribution >= 0.6 is 0 Å². The fraction of sp³-hybridized carbons (Fsp3) is 0.519. The van der Waals surface area contributed by atoms with E-state index in [1.54, 1.807) is 24.1 Å². The molecule has 196 valence electrons. The largest absolute Gasteiger partial charge is 0.493 e. The quantitative estimate of drug-likeness (QED) is 0.459. The van der Waals surface area contributed by atoms with Crippen molar-refractivity contribution in [2.75, 3.05) is 40.1 Å². The highest BCUT2D eigenvalue weighted by atomic mass is 19.4. The Labute approximate surface area is 209 Å². The number of benzene rings is 2. The molecule has 36 heavy (non-hydrogen) atoms. The maximum Gasteiger partial charge on any atom is 0.416 e. The number of halogens is 3. The van der Waals surface area contributed by atoms with Crippen LogP contribution in [0.3, 0.4) is 0 Å². The van der Waals surface area contributed by atoms with Crippen LogP contribution in [0.4, 0.5) is 13.2 Å². The first-order chi connectivity index (χ1) is 17.1. The minimum Gasteiger partial charge on any atom is -0.493 e. The number of hydrogen-bond donors (Lipinski definition) is 0. The number of amides is 1. The lowest BCUT2D eigenvalue weighted by Gasteiger charge is -2.37. The Balaban J connectivity index is 1.50. The van der Waals surface area contributed by atoms with Gasteiger partial charge in [0.25, 0.3) is 0 Å². The van der Waals surface area contributed by atoms with Crippen LogP contribution in [0, 0.1) is 5.41 Å². The standard InChI is InChI=1S/C27H32F3NO5/c1-26(16-34-17-26)18-36-24-12-20(8-9-23(24)33-2)14-31(15-22-7-4-10-35-22)25(32)13-19-5-3-6-21(11-19)27(28,29)30/h3,5-6,8-9,11-12,22H,4,7,10,13-18H2,1-2H3/t22-/m1/s1. The van der Waals surface area contributed by atoms with Crippen molar-refractivity contribution < 1.29 is 36.9 Å². The molecule has 4 rings (SSSR count). The SMILES string of the molecule is COc1ccc(CN(C[C@H]2CCCO2)C(=O)Cc2cccc(C(F)(F)F)c2)cc1OCC1(C)COC1. The highest BCUT2D eigenvalue weighted by Crippen LogP contribution is 2.33. The molecule has 0 aliphatic carbocycles. The third kappa shape index (κ3) is 6.70. The summed E-state index contributed by atoms with van der Waals surface area (Å²) in [6, 6.07) is 10.4. The molecular weight excluding hydrogens is 475 g/mol. The number of rotatable bonds is 10. The summed E-state index contributed by atoms with van der Waals surface area (Å²) in [6.45, 7) is 5.11. The lowest BCUT2D eigenvalue weighted by molar-refractivity contribution is -0.138. The van der Waals surface area contributed by atoms with Gasteiger partial charge in [-0.3, -0.25) is 4.79 Å². The smallest absolute Gasteiger partial charge is 0.416 e. The van der Waals surface area contributed by atoms with Crippen LogP contribution in [0.15, 0.2) is 42.5 Å². The van der Waals surface area contributed by atoms with Gasteiger partial charge in [-0.1, -0.05) is 31.2 Å². The molecule has 2 aliphatic heterocycles. The van der Waals surface area contributed by atoms with Crippen molar-refractivity contribution >= 4 is 5.91 Å². The lowest BCUT2D eigenvalue weighted by Crippen LogP contribution is -2.44. The van der Waals surface area contributed by atoms with E-state index in [-0.39, 0.29) is 30.4 Å². The molecule has 2 aromatic rings. The van der Waals surface area contributed by atoms with Crippen LogP contribution in [-0.2, 0) is 33.4 Å². The topological polar surface area (TPSA) is 57.2 Å². The van der Waals surface area contributed by atoms with Crippen molar-refractivity contribution in [2.24, 2.45) is 5.41 Å². The summed E-state index contributed by atoms with van der Waals surface area (Å²) in [5.41, 5.74) is 0.340. The summed E-state index contributed by atoms with van der Waals surface area (Å²) < 4.78 is 62.0. The van der Waals surface area contributed by atoms with E-state index in [2.05, 4.69) is 6.92 Å². The molecular formula is C27H32F3NO5. The van der Waals surface area contributed by atoms with E-state index < -0.39 is 11.7 Å². The Bertz CT molecular complexity index is 1050. The fourth-order valence-corrected chi connectivity index (χ4v) is 4.37. The summed E-state index contributed by atoms with van der Waals surface area (Å²) in [6.07, 6.45) is -2.93. The van der Waals surface area contributed by atoms with Gasteiger partial charge in [0.15, 0.2) is 11.5 Å². The van der Waals surface area contributed by atoms with Gasteiger partial charge in [0.2, 0.25) is 5.91 Å². The molecule has 1 amide bonds. The molecule has 9 heteroatoms. The Kier molecular flexibility index (Phi) is 8.10. The monoisotopic (exact) mass is 507 g/mol. The van der Waals surface area contributed by atoms with Crippen LogP contribution in [0.1, 0.15) is 36.5 Å². The summed E-state index contributed by atoms with van der Waals surface area (Å²) in [7, 11) is 1.57. The lowest BCUT2D eigenvalue weighted by atomic mass is 9.90. The molecule has 1 atom stereocenters. The van der Waals surface area contributed by atoms with Crippen LogP contribution in [0.2, 0.25) is 0 Å². The maximum atomic E-state index is 13.3. The van der Waals surface area contributed by atoms with Crippen LogP contribution in [0.5, 0.6) is 11.5 Å². The first kappa shape index (κ1) is 26.3. The van der Waals surface area contributed by atoms with Crippen molar-refractivity contribution in [2.45, 2.75) is 45.0 Å². The van der Waals surface area contributed by atoms with Crippen molar-refractivity contribution in [3.05, 3.63) is 59.2 Å². The first-order valence-electron chi connectivity index (χ1n) is 12.1. The zero-order valence-corrected chi connectivity index (χ0v) is 20.6. The normalized spacial score (nSPS) is 19.0. The van der Waals surface area contributed by atoms with Crippen molar-refractivity contribution in [3.8, 4) is 11.5 Å². The highest BCUT2D eigenvalue weighted by Gasteiger charge is 2.35. The van der Waals surface area contributed by atoms with E-state index in [1.165, 1.54) is 6.07 Å². The van der Waals surface area contributed by atoms with Crippen molar-refractivity contribution in [3.63, 3.8) is 0 Å². The van der Waals surface area contributed by atoms with Gasteiger partial charge >= 0.3 is 6.18 Å². The molecule has 2 saturated heterocycles. The molecule has 0 saturated carbocycles. The van der Waals surface area contributed by atoms with Crippen LogP contribution in [0.25, 0.3) is 0 Å². The van der Waals surface area contributed by atoms with Gasteiger partial charge in [-0.05, 0) is 42.2 Å². The predicted octanol–water partition coefficient (Wildman–Crippen LogP) is 4.88. The minimum absolute atomic E-state index is 0.0478. The molecule has 0 spiro atoms. The predicted molar refractivity (Wildman–Crippen MR) is 127 cm³/mol. The van der Waals surface area contributed by atoms with Gasteiger partial charge in [0, 0.05) is 25.1 Å². The van der Waals surface area contributed by atoms with E-state index >= 15 is 0 Å². The van der Waals surface area contributed by atoms with Crippen LogP contribution in [-0.4, -0.2) is 57.0 Å². The number of alkyl halides is 3. The van der Waals surface area contributed by atoms with Gasteiger partial charge in [0.05, 0.1) is 45.0 Å². The highest BCUT2D eigenvalue weighted by molar-refractivity contribution is 5.79. The molecule has 0 unspecified atom stereocenters. The van der Waals surface area contributed by atoms with Gasteiger partial charge in [-0.15, -0.1) is 0 Å². The van der Waals surface area contributed by atoms with E-state index in [4.69, 9.17) is 18.9 Å². The summed E-state index contributed by atoms with van der Waals surface area (Å²) >= 11 is 0. The number of hydrogen-bond acceptors (Lipinski definition) is 5. The number of nitrogens with zero attached hydrogens (tertiary/aromatic N) is 1. The fourth-order valence-electron chi connectivity index (χ4n) is 4.37. The zero-order chi connectivity index (χ0) is 25.8. The number of methoxy groups -OCH3 is 1. The zero-order valence-electron chi connectivity index (χ0n) is 20.6. The maximum absolute atomic E-state index is 13.3. The van der Waals surface area contributed by atoms with Gasteiger partial charge < -0.3 is 23.8 Å². The average molecular weight is 508 g/mol. The second-order valence-corrected chi connectivity index (χ2v) is 9.86. The molecule has 0 radical (unpaired) electrons. The second-order valence-electron chi connectivity index (χ2n) is 9.86. The Hall–Kier alpha value is -2.78. The summed E-state index contributed by atoms with van der Waals surface area (Å²) in [5.74, 6) is 0.899. The second kappa shape index (κ2) is 11.1. The number of carbonyl (C=O) groups is 1. The molecule has 0 N–H and O–H groups in total. The summed E-state index contributed by atoms with van der Waals surface area (Å²) in [5, 5.41) is 0. The van der Waals surface area contributed by atoms with Crippen molar-refractivity contribution in [1.82, 2.24) is 4.90 Å². The Morgan fingerprint density at radius 1 is 1.14 bits per heavy atom. The third-order valence-corrected chi connectivity index (χ3v) is 6.49. The molecule has 2 fully saturated rings. The molecule has 2 aromatic carbocycles. The minimum atomic E-state index is -4.46.